The Labute approximate surface area is 153 Å². The molecule has 0 fully saturated rings. The lowest BCUT2D eigenvalue weighted by molar-refractivity contribution is -0.177. The molecule has 0 unspecified atom stereocenters. The zero-order valence-electron chi connectivity index (χ0n) is 13.5. The summed E-state index contributed by atoms with van der Waals surface area (Å²) >= 11 is 0.00797. The van der Waals surface area contributed by atoms with Crippen LogP contribution in [0.1, 0.15) is 24.0 Å². The molecule has 0 saturated heterocycles. The maximum Gasteiger partial charge on any atom is 0.388 e. The Morgan fingerprint density at radius 3 is 2.31 bits per heavy atom. The topological polar surface area (TPSA) is 159 Å². The van der Waals surface area contributed by atoms with E-state index in [2.05, 4.69) is 0 Å². The van der Waals surface area contributed by atoms with Crippen molar-refractivity contribution in [1.29, 1.82) is 0 Å². The second kappa shape index (κ2) is 7.87. The van der Waals surface area contributed by atoms with E-state index >= 15 is 0 Å². The van der Waals surface area contributed by atoms with Crippen LogP contribution < -0.4 is 0 Å². The third kappa shape index (κ3) is 5.63. The number of hydrogen-bond acceptors (Lipinski definition) is 7. The lowest BCUT2D eigenvalue weighted by Gasteiger charge is -2.25. The summed E-state index contributed by atoms with van der Waals surface area (Å²) in [5.74, 6) is -3.66. The Morgan fingerprint density at radius 1 is 1.00 bits per heavy atom. The van der Waals surface area contributed by atoms with Crippen LogP contribution in [0.5, 0.6) is 17.2 Å². The first-order valence-corrected chi connectivity index (χ1v) is 10.6. The zero-order chi connectivity index (χ0) is 19.5. The van der Waals surface area contributed by atoms with Gasteiger partial charge >= 0.3 is 6.80 Å². The van der Waals surface area contributed by atoms with Crippen molar-refractivity contribution in [2.24, 2.45) is 0 Å². The Morgan fingerprint density at radius 2 is 1.69 bits per heavy atom. The van der Waals surface area contributed by atoms with Crippen molar-refractivity contribution < 1.29 is 39.9 Å². The van der Waals surface area contributed by atoms with Gasteiger partial charge in [-0.25, -0.2) is 4.57 Å². The monoisotopic (exact) mass is 402 g/mol. The standard InChI is InChI=1S/C16H19O8PS/c17-11-5-1-3-10(7-11)4-2-6-16(20,21)15-13(19)8-12(18)9-14(15)26-25(22,23)24/h1,3,5,7-9,17-21H,2,4,6H2,(H2,22,23,24). The summed E-state index contributed by atoms with van der Waals surface area (Å²) in [4.78, 5) is 17.9. The van der Waals surface area contributed by atoms with Crippen molar-refractivity contribution in [1.82, 2.24) is 0 Å². The van der Waals surface area contributed by atoms with E-state index in [1.165, 1.54) is 12.1 Å². The Hall–Kier alpha value is -1.74. The molecule has 142 valence electrons. The third-order valence-electron chi connectivity index (χ3n) is 3.59. The normalized spacial score (nSPS) is 12.3. The number of phenols is 3. The molecule has 0 aromatic heterocycles. The Bertz CT molecular complexity index is 833. The quantitative estimate of drug-likeness (QED) is 0.272. The lowest BCUT2D eigenvalue weighted by atomic mass is 9.97. The number of aliphatic hydroxyl groups is 2. The number of rotatable bonds is 7. The van der Waals surface area contributed by atoms with Gasteiger partial charge in [0.25, 0.3) is 0 Å². The fourth-order valence-corrected chi connectivity index (χ4v) is 4.55. The van der Waals surface area contributed by atoms with Crippen molar-refractivity contribution in [3.05, 3.63) is 47.5 Å². The molecule has 2 rings (SSSR count). The first-order valence-electron chi connectivity index (χ1n) is 7.52. The van der Waals surface area contributed by atoms with Gasteiger partial charge in [-0.1, -0.05) is 12.1 Å². The summed E-state index contributed by atoms with van der Waals surface area (Å²) < 4.78 is 11.2. The molecule has 0 amide bonds. The van der Waals surface area contributed by atoms with Gasteiger partial charge in [-0.05, 0) is 48.0 Å². The number of hydrogen-bond donors (Lipinski definition) is 7. The van der Waals surface area contributed by atoms with Gasteiger partial charge in [0.2, 0.25) is 0 Å². The highest BCUT2D eigenvalue weighted by atomic mass is 32.7. The molecule has 26 heavy (non-hydrogen) atoms. The highest BCUT2D eigenvalue weighted by Crippen LogP contribution is 2.58. The van der Waals surface area contributed by atoms with E-state index in [1.807, 2.05) is 0 Å². The first-order chi connectivity index (χ1) is 12.0. The molecule has 2 aromatic rings. The van der Waals surface area contributed by atoms with Crippen molar-refractivity contribution in [2.75, 3.05) is 0 Å². The van der Waals surface area contributed by atoms with Gasteiger partial charge in [-0.3, -0.25) is 0 Å². The van der Waals surface area contributed by atoms with E-state index in [0.29, 0.717) is 6.42 Å². The van der Waals surface area contributed by atoms with E-state index in [9.17, 15) is 30.1 Å². The van der Waals surface area contributed by atoms with Gasteiger partial charge in [0.15, 0.2) is 5.79 Å². The van der Waals surface area contributed by atoms with Crippen LogP contribution in [0.25, 0.3) is 0 Å². The minimum atomic E-state index is -4.66. The van der Waals surface area contributed by atoms with Crippen LogP contribution in [-0.4, -0.2) is 35.3 Å². The van der Waals surface area contributed by atoms with Crippen LogP contribution in [0.15, 0.2) is 41.3 Å². The summed E-state index contributed by atoms with van der Waals surface area (Å²) in [5, 5.41) is 49.7. The van der Waals surface area contributed by atoms with Crippen LogP contribution in [0.4, 0.5) is 0 Å². The van der Waals surface area contributed by atoms with Crippen LogP contribution in [0, 0.1) is 0 Å². The van der Waals surface area contributed by atoms with Crippen LogP contribution in [-0.2, 0) is 16.8 Å². The molecule has 0 saturated carbocycles. The fourth-order valence-electron chi connectivity index (χ4n) is 2.57. The largest absolute Gasteiger partial charge is 0.508 e. The van der Waals surface area contributed by atoms with Gasteiger partial charge in [0.1, 0.15) is 17.2 Å². The van der Waals surface area contributed by atoms with Crippen LogP contribution in [0.3, 0.4) is 0 Å². The Kier molecular flexibility index (Phi) is 6.23. The highest BCUT2D eigenvalue weighted by Gasteiger charge is 2.34. The van der Waals surface area contributed by atoms with E-state index in [0.717, 1.165) is 17.7 Å². The van der Waals surface area contributed by atoms with Gasteiger partial charge in [0, 0.05) is 17.4 Å². The molecule has 0 aliphatic heterocycles. The summed E-state index contributed by atoms with van der Waals surface area (Å²) in [6.45, 7) is -4.66. The van der Waals surface area contributed by atoms with Crippen molar-refractivity contribution >= 4 is 18.2 Å². The first kappa shape index (κ1) is 20.6. The second-order valence-electron chi connectivity index (χ2n) is 5.76. The van der Waals surface area contributed by atoms with Gasteiger partial charge in [0.05, 0.1) is 5.56 Å². The predicted molar refractivity (Wildman–Crippen MR) is 94.8 cm³/mol. The molecule has 0 aliphatic carbocycles. The highest BCUT2D eigenvalue weighted by molar-refractivity contribution is 8.54. The van der Waals surface area contributed by atoms with Crippen LogP contribution >= 0.6 is 18.2 Å². The molecule has 0 aliphatic rings. The molecule has 0 bridgehead atoms. The third-order valence-corrected chi connectivity index (χ3v) is 5.65. The smallest absolute Gasteiger partial charge is 0.388 e. The number of phenolic OH excluding ortho intramolecular Hbond substituents is 3. The zero-order valence-corrected chi connectivity index (χ0v) is 15.2. The molecule has 0 heterocycles. The van der Waals surface area contributed by atoms with Crippen molar-refractivity contribution in [3.8, 4) is 17.2 Å². The maximum absolute atomic E-state index is 11.2. The predicted octanol–water partition coefficient (Wildman–Crippen LogP) is 2.15. The molecule has 0 radical (unpaired) electrons. The minimum Gasteiger partial charge on any atom is -0.508 e. The lowest BCUT2D eigenvalue weighted by Crippen LogP contribution is -2.26. The maximum atomic E-state index is 11.2. The molecular weight excluding hydrogens is 383 g/mol. The minimum absolute atomic E-state index is 0.00797. The average molecular weight is 402 g/mol. The average Bonchev–Trinajstić information content (AvgIpc) is 2.43. The van der Waals surface area contributed by atoms with Crippen LogP contribution in [0.2, 0.25) is 0 Å². The summed E-state index contributed by atoms with van der Waals surface area (Å²) in [7, 11) is 0. The molecule has 8 nitrogen and oxygen atoms in total. The summed E-state index contributed by atoms with van der Waals surface area (Å²) in [6, 6.07) is 8.24. The number of aryl methyl sites for hydroxylation is 1. The molecule has 0 spiro atoms. The summed E-state index contributed by atoms with van der Waals surface area (Å²) in [6.07, 6.45) is 0.392. The van der Waals surface area contributed by atoms with Crippen molar-refractivity contribution in [3.63, 3.8) is 0 Å². The molecule has 0 atom stereocenters. The van der Waals surface area contributed by atoms with E-state index in [1.54, 1.807) is 12.1 Å². The van der Waals surface area contributed by atoms with E-state index in [-0.39, 0.29) is 34.9 Å². The molecular formula is C16H19O8PS. The fraction of sp³-hybridized carbons (Fsp3) is 0.250. The molecule has 10 heteroatoms. The Balaban J connectivity index is 2.22. The van der Waals surface area contributed by atoms with Gasteiger partial charge in [-0.2, -0.15) is 0 Å². The summed E-state index contributed by atoms with van der Waals surface area (Å²) in [5.41, 5.74) is 0.278. The van der Waals surface area contributed by atoms with E-state index < -0.39 is 29.6 Å². The van der Waals surface area contributed by atoms with E-state index in [4.69, 9.17) is 9.79 Å². The van der Waals surface area contributed by atoms with Gasteiger partial charge < -0.3 is 35.3 Å². The van der Waals surface area contributed by atoms with Crippen molar-refractivity contribution in [2.45, 2.75) is 29.9 Å². The number of aromatic hydroxyl groups is 3. The van der Waals surface area contributed by atoms with Gasteiger partial charge in [-0.15, -0.1) is 0 Å². The molecule has 2 aromatic carbocycles. The SMILES string of the molecule is O=P(O)(O)Sc1cc(O)cc(O)c1C(O)(O)CCCc1cccc(O)c1. The second-order valence-corrected chi connectivity index (χ2v) is 9.34. The molecule has 7 N–H and O–H groups in total. The number of benzene rings is 2.